The number of piperidine rings is 1. The van der Waals surface area contributed by atoms with E-state index in [1.165, 1.54) is 36.7 Å². The number of carbonyl (C=O) groups excluding carboxylic acids is 2. The number of aryl methyl sites for hydroxylation is 1. The van der Waals surface area contributed by atoms with Gasteiger partial charge in [-0.05, 0) is 49.6 Å². The highest BCUT2D eigenvalue weighted by Gasteiger charge is 2.27. The molecule has 0 bridgehead atoms. The highest BCUT2D eigenvalue weighted by Crippen LogP contribution is 2.26. The molecule has 172 valence electrons. The van der Waals surface area contributed by atoms with Crippen LogP contribution in [0.15, 0.2) is 41.3 Å². The molecule has 0 radical (unpaired) electrons. The van der Waals surface area contributed by atoms with E-state index in [9.17, 15) is 18.0 Å². The van der Waals surface area contributed by atoms with E-state index < -0.39 is 28.4 Å². The van der Waals surface area contributed by atoms with Crippen LogP contribution in [0.1, 0.15) is 45.5 Å². The minimum atomic E-state index is -3.69. The van der Waals surface area contributed by atoms with E-state index in [2.05, 4.69) is 0 Å². The molecule has 1 fully saturated rings. The second-order valence-corrected chi connectivity index (χ2v) is 9.44. The average molecular weight is 462 g/mol. The Morgan fingerprint density at radius 1 is 0.938 bits per heavy atom. The predicted molar refractivity (Wildman–Crippen MR) is 118 cm³/mol. The molecular formula is C23H27NO7S. The van der Waals surface area contributed by atoms with Crippen molar-refractivity contribution in [1.29, 1.82) is 0 Å². The minimum absolute atomic E-state index is 0.0418. The number of Topliss-reactive ketones (excluding diaryl/α,β-unsaturated/α-hetero) is 1. The van der Waals surface area contributed by atoms with Crippen LogP contribution in [-0.2, 0) is 14.8 Å². The zero-order valence-corrected chi connectivity index (χ0v) is 19.2. The number of carbonyl (C=O) groups is 2. The molecule has 2 aromatic carbocycles. The summed E-state index contributed by atoms with van der Waals surface area (Å²) in [7, 11) is -0.769. The molecule has 0 saturated carbocycles. The van der Waals surface area contributed by atoms with Crippen molar-refractivity contribution in [2.75, 3.05) is 33.9 Å². The lowest BCUT2D eigenvalue weighted by atomic mass is 10.1. The average Bonchev–Trinajstić information content (AvgIpc) is 2.82. The zero-order chi connectivity index (χ0) is 23.3. The second kappa shape index (κ2) is 10.1. The van der Waals surface area contributed by atoms with E-state index in [1.54, 1.807) is 25.1 Å². The van der Waals surface area contributed by atoms with Gasteiger partial charge in [0, 0.05) is 19.2 Å². The van der Waals surface area contributed by atoms with Crippen molar-refractivity contribution in [3.63, 3.8) is 0 Å². The van der Waals surface area contributed by atoms with Crippen molar-refractivity contribution < 1.29 is 32.2 Å². The van der Waals surface area contributed by atoms with Gasteiger partial charge in [-0.15, -0.1) is 0 Å². The second-order valence-electron chi connectivity index (χ2n) is 7.51. The Morgan fingerprint density at radius 3 is 2.31 bits per heavy atom. The van der Waals surface area contributed by atoms with Gasteiger partial charge in [-0.25, -0.2) is 13.2 Å². The van der Waals surface area contributed by atoms with Crippen LogP contribution >= 0.6 is 0 Å². The third-order valence-electron chi connectivity index (χ3n) is 5.43. The number of hydrogen-bond donors (Lipinski definition) is 0. The van der Waals surface area contributed by atoms with Gasteiger partial charge in [0.05, 0.1) is 30.2 Å². The van der Waals surface area contributed by atoms with Crippen LogP contribution in [0.25, 0.3) is 0 Å². The van der Waals surface area contributed by atoms with Crippen LogP contribution in [0.3, 0.4) is 0 Å². The molecule has 1 aliphatic heterocycles. The molecule has 0 atom stereocenters. The number of hydrogen-bond acceptors (Lipinski definition) is 7. The van der Waals surface area contributed by atoms with Crippen molar-refractivity contribution in [3.8, 4) is 11.5 Å². The van der Waals surface area contributed by atoms with E-state index in [1.807, 2.05) is 0 Å². The summed E-state index contributed by atoms with van der Waals surface area (Å²) in [6.07, 6.45) is 2.64. The van der Waals surface area contributed by atoms with Gasteiger partial charge in [0.25, 0.3) is 0 Å². The van der Waals surface area contributed by atoms with Gasteiger partial charge in [0.2, 0.25) is 15.8 Å². The Bertz CT molecular complexity index is 1110. The summed E-state index contributed by atoms with van der Waals surface area (Å²) in [6.45, 7) is 2.11. The summed E-state index contributed by atoms with van der Waals surface area (Å²) in [5.41, 5.74) is 0.916. The summed E-state index contributed by atoms with van der Waals surface area (Å²) < 4.78 is 42.9. The Kier molecular flexibility index (Phi) is 7.52. The van der Waals surface area contributed by atoms with E-state index in [0.29, 0.717) is 30.2 Å². The monoisotopic (exact) mass is 461 g/mol. The minimum Gasteiger partial charge on any atom is -0.497 e. The first kappa shape index (κ1) is 23.7. The smallest absolute Gasteiger partial charge is 0.338 e. The van der Waals surface area contributed by atoms with Crippen LogP contribution in [0, 0.1) is 6.92 Å². The number of nitrogens with zero attached hydrogens (tertiary/aromatic N) is 1. The number of benzene rings is 2. The normalized spacial score (nSPS) is 14.6. The van der Waals surface area contributed by atoms with Gasteiger partial charge in [-0.1, -0.05) is 12.5 Å². The van der Waals surface area contributed by atoms with Crippen molar-refractivity contribution >= 4 is 21.8 Å². The van der Waals surface area contributed by atoms with Gasteiger partial charge in [-0.2, -0.15) is 4.31 Å². The molecule has 8 nitrogen and oxygen atoms in total. The fraction of sp³-hybridized carbons (Fsp3) is 0.391. The van der Waals surface area contributed by atoms with Crippen LogP contribution in [0.4, 0.5) is 0 Å². The SMILES string of the molecule is COc1ccc(C(=O)COC(=O)c2cc(S(=O)(=O)N3CCCCC3)ccc2C)c(OC)c1. The third kappa shape index (κ3) is 5.11. The topological polar surface area (TPSA) is 99.2 Å². The Labute approximate surface area is 188 Å². The number of rotatable bonds is 8. The molecule has 1 saturated heterocycles. The standard InChI is InChI=1S/C23H27NO7S/c1-16-7-9-18(32(27,28)24-11-5-4-6-12-24)14-20(16)23(26)31-15-21(25)19-10-8-17(29-2)13-22(19)30-3/h7-10,13-14H,4-6,11-12,15H2,1-3H3. The zero-order valence-electron chi connectivity index (χ0n) is 18.4. The molecule has 0 unspecified atom stereocenters. The molecule has 0 spiro atoms. The van der Waals surface area contributed by atoms with Crippen molar-refractivity contribution in [1.82, 2.24) is 4.31 Å². The van der Waals surface area contributed by atoms with Gasteiger partial charge in [-0.3, -0.25) is 4.79 Å². The first-order chi connectivity index (χ1) is 15.3. The molecule has 2 aromatic rings. The summed E-state index contributed by atoms with van der Waals surface area (Å²) >= 11 is 0. The first-order valence-electron chi connectivity index (χ1n) is 10.3. The first-order valence-corrected chi connectivity index (χ1v) is 11.7. The molecule has 1 aliphatic rings. The maximum atomic E-state index is 12.9. The van der Waals surface area contributed by atoms with Gasteiger partial charge < -0.3 is 14.2 Å². The molecule has 0 N–H and O–H groups in total. The summed E-state index contributed by atoms with van der Waals surface area (Å²) in [4.78, 5) is 25.3. The summed E-state index contributed by atoms with van der Waals surface area (Å²) in [6, 6.07) is 9.08. The molecular weight excluding hydrogens is 434 g/mol. The van der Waals surface area contributed by atoms with Gasteiger partial charge in [0.1, 0.15) is 11.5 Å². The lowest BCUT2D eigenvalue weighted by Crippen LogP contribution is -2.35. The molecule has 32 heavy (non-hydrogen) atoms. The third-order valence-corrected chi connectivity index (χ3v) is 7.32. The lowest BCUT2D eigenvalue weighted by molar-refractivity contribution is 0.0473. The Morgan fingerprint density at radius 2 is 1.66 bits per heavy atom. The van der Waals surface area contributed by atoms with Gasteiger partial charge >= 0.3 is 5.97 Å². The number of esters is 1. The van der Waals surface area contributed by atoms with E-state index in [-0.39, 0.29) is 16.0 Å². The fourth-order valence-corrected chi connectivity index (χ4v) is 5.10. The number of sulfonamides is 1. The van der Waals surface area contributed by atoms with E-state index in [0.717, 1.165) is 19.3 Å². The molecule has 0 amide bonds. The highest BCUT2D eigenvalue weighted by atomic mass is 32.2. The van der Waals surface area contributed by atoms with Crippen molar-refractivity contribution in [2.45, 2.75) is 31.1 Å². The molecule has 3 rings (SSSR count). The largest absolute Gasteiger partial charge is 0.497 e. The van der Waals surface area contributed by atoms with Crippen LogP contribution < -0.4 is 9.47 Å². The van der Waals surface area contributed by atoms with E-state index in [4.69, 9.17) is 14.2 Å². The molecule has 0 aliphatic carbocycles. The summed E-state index contributed by atoms with van der Waals surface area (Å²) in [5, 5.41) is 0. The summed E-state index contributed by atoms with van der Waals surface area (Å²) in [5.74, 6) is -0.388. The Balaban J connectivity index is 1.75. The molecule has 1 heterocycles. The fourth-order valence-electron chi connectivity index (χ4n) is 3.55. The molecule has 0 aromatic heterocycles. The van der Waals surface area contributed by atoms with Crippen LogP contribution in [-0.4, -0.2) is 58.4 Å². The van der Waals surface area contributed by atoms with Crippen molar-refractivity contribution in [3.05, 3.63) is 53.1 Å². The van der Waals surface area contributed by atoms with Crippen LogP contribution in [0.2, 0.25) is 0 Å². The maximum Gasteiger partial charge on any atom is 0.338 e. The Hall–Kier alpha value is -2.91. The number of methoxy groups -OCH3 is 2. The number of ether oxygens (including phenoxy) is 3. The van der Waals surface area contributed by atoms with Gasteiger partial charge in [0.15, 0.2) is 6.61 Å². The predicted octanol–water partition coefficient (Wildman–Crippen LogP) is 3.23. The maximum absolute atomic E-state index is 12.9. The molecule has 9 heteroatoms. The van der Waals surface area contributed by atoms with Crippen molar-refractivity contribution in [2.24, 2.45) is 0 Å². The quantitative estimate of drug-likeness (QED) is 0.440. The van der Waals surface area contributed by atoms with Crippen LogP contribution in [0.5, 0.6) is 11.5 Å². The lowest BCUT2D eigenvalue weighted by Gasteiger charge is -2.26. The highest BCUT2D eigenvalue weighted by molar-refractivity contribution is 7.89. The number of ketones is 1. The van der Waals surface area contributed by atoms with E-state index >= 15 is 0 Å².